The average Bonchev–Trinajstić information content (AvgIpc) is 2.70. The largest absolute Gasteiger partial charge is 0.344 e. The van der Waals surface area contributed by atoms with Crippen LogP contribution in [0.25, 0.3) is 0 Å². The molecule has 0 aliphatic rings. The van der Waals surface area contributed by atoms with Gasteiger partial charge in [0.25, 0.3) is 5.91 Å². The molecule has 0 saturated heterocycles. The summed E-state index contributed by atoms with van der Waals surface area (Å²) in [4.78, 5) is 25.6. The van der Waals surface area contributed by atoms with E-state index in [1.165, 1.54) is 6.07 Å². The summed E-state index contributed by atoms with van der Waals surface area (Å²) in [6.45, 7) is 3.82. The molecular weight excluding hydrogens is 244 g/mol. The summed E-state index contributed by atoms with van der Waals surface area (Å²) in [6.07, 6.45) is 1.73. The highest BCUT2D eigenvalue weighted by Gasteiger charge is 2.15. The van der Waals surface area contributed by atoms with Gasteiger partial charge in [0, 0.05) is 24.4 Å². The van der Waals surface area contributed by atoms with E-state index in [1.807, 2.05) is 20.9 Å². The number of nitrogens with one attached hydrogen (secondary N) is 2. The van der Waals surface area contributed by atoms with Crippen molar-refractivity contribution in [3.05, 3.63) is 51.7 Å². The molecule has 19 heavy (non-hydrogen) atoms. The molecule has 0 spiro atoms. The third kappa shape index (κ3) is 2.73. The van der Waals surface area contributed by atoms with Crippen LogP contribution in [-0.2, 0) is 7.05 Å². The first-order valence-corrected chi connectivity index (χ1v) is 5.97. The van der Waals surface area contributed by atoms with E-state index in [-0.39, 0.29) is 23.2 Å². The molecule has 6 nitrogen and oxygen atoms in total. The van der Waals surface area contributed by atoms with E-state index in [0.717, 1.165) is 11.3 Å². The number of pyridine rings is 1. The van der Waals surface area contributed by atoms with Crippen LogP contribution in [0.5, 0.6) is 0 Å². The lowest BCUT2D eigenvalue weighted by atomic mass is 10.1. The van der Waals surface area contributed by atoms with Crippen molar-refractivity contribution in [2.75, 3.05) is 0 Å². The van der Waals surface area contributed by atoms with Gasteiger partial charge in [-0.1, -0.05) is 6.07 Å². The van der Waals surface area contributed by atoms with Gasteiger partial charge in [-0.05, 0) is 19.9 Å². The van der Waals surface area contributed by atoms with Crippen molar-refractivity contribution in [3.63, 3.8) is 0 Å². The Balaban J connectivity index is 2.15. The Bertz CT molecular complexity index is 657. The fraction of sp³-hybridized carbons (Fsp3) is 0.308. The van der Waals surface area contributed by atoms with Gasteiger partial charge >= 0.3 is 0 Å². The van der Waals surface area contributed by atoms with Crippen LogP contribution in [0, 0.1) is 6.92 Å². The first-order valence-electron chi connectivity index (χ1n) is 5.97. The van der Waals surface area contributed by atoms with Gasteiger partial charge in [0.1, 0.15) is 5.69 Å². The zero-order chi connectivity index (χ0) is 14.0. The van der Waals surface area contributed by atoms with Crippen molar-refractivity contribution in [3.8, 4) is 0 Å². The summed E-state index contributed by atoms with van der Waals surface area (Å²) < 4.78 is 1.75. The van der Waals surface area contributed by atoms with Gasteiger partial charge < -0.3 is 10.3 Å². The second-order valence-corrected chi connectivity index (χ2v) is 4.43. The minimum atomic E-state index is -0.312. The maximum absolute atomic E-state index is 12.0. The molecule has 0 radical (unpaired) electrons. The molecule has 2 heterocycles. The van der Waals surface area contributed by atoms with Gasteiger partial charge in [-0.3, -0.25) is 14.3 Å². The fourth-order valence-electron chi connectivity index (χ4n) is 1.87. The number of H-pyrrole nitrogens is 1. The predicted molar refractivity (Wildman–Crippen MR) is 70.9 cm³/mol. The van der Waals surface area contributed by atoms with Crippen molar-refractivity contribution < 1.29 is 4.79 Å². The number of carbonyl (C=O) groups is 1. The number of hydrogen-bond donors (Lipinski definition) is 2. The Morgan fingerprint density at radius 1 is 1.47 bits per heavy atom. The zero-order valence-corrected chi connectivity index (χ0v) is 11.1. The Hall–Kier alpha value is -2.37. The Morgan fingerprint density at radius 3 is 2.79 bits per heavy atom. The van der Waals surface area contributed by atoms with Gasteiger partial charge in [0.2, 0.25) is 5.56 Å². The van der Waals surface area contributed by atoms with Crippen molar-refractivity contribution >= 4 is 5.91 Å². The number of aromatic amines is 1. The minimum absolute atomic E-state index is 0.176. The number of carbonyl (C=O) groups excluding carboxylic acids is 1. The minimum Gasteiger partial charge on any atom is -0.344 e. The molecule has 0 aliphatic heterocycles. The van der Waals surface area contributed by atoms with Crippen molar-refractivity contribution in [1.82, 2.24) is 20.1 Å². The van der Waals surface area contributed by atoms with Gasteiger partial charge in [-0.15, -0.1) is 0 Å². The molecule has 2 aromatic heterocycles. The van der Waals surface area contributed by atoms with E-state index >= 15 is 0 Å². The number of aromatic nitrogens is 3. The molecule has 0 fully saturated rings. The predicted octanol–water partition coefficient (Wildman–Crippen LogP) is 0.908. The highest BCUT2D eigenvalue weighted by atomic mass is 16.2. The summed E-state index contributed by atoms with van der Waals surface area (Å²) in [7, 11) is 1.85. The Kier molecular flexibility index (Phi) is 3.50. The van der Waals surface area contributed by atoms with E-state index in [4.69, 9.17) is 0 Å². The van der Waals surface area contributed by atoms with Crippen molar-refractivity contribution in [2.45, 2.75) is 19.9 Å². The molecule has 0 aliphatic carbocycles. The summed E-state index contributed by atoms with van der Waals surface area (Å²) >= 11 is 0. The lowest BCUT2D eigenvalue weighted by molar-refractivity contribution is 0.0934. The fourth-order valence-corrected chi connectivity index (χ4v) is 1.87. The monoisotopic (exact) mass is 260 g/mol. The van der Waals surface area contributed by atoms with Gasteiger partial charge in [-0.2, -0.15) is 5.10 Å². The number of hydrogen-bond acceptors (Lipinski definition) is 3. The number of aryl methyl sites for hydroxylation is 1. The van der Waals surface area contributed by atoms with Crippen LogP contribution in [0.3, 0.4) is 0 Å². The summed E-state index contributed by atoms with van der Waals surface area (Å²) in [5.74, 6) is -0.312. The quantitative estimate of drug-likeness (QED) is 0.860. The molecule has 2 rings (SSSR count). The maximum atomic E-state index is 12.0. The number of rotatable bonds is 3. The Morgan fingerprint density at radius 2 is 2.21 bits per heavy atom. The van der Waals surface area contributed by atoms with Gasteiger partial charge in [0.05, 0.1) is 12.2 Å². The van der Waals surface area contributed by atoms with Crippen LogP contribution in [0.1, 0.15) is 34.7 Å². The first kappa shape index (κ1) is 13.1. The van der Waals surface area contributed by atoms with Crippen molar-refractivity contribution in [1.29, 1.82) is 0 Å². The van der Waals surface area contributed by atoms with Gasteiger partial charge in [0.15, 0.2) is 0 Å². The molecular formula is C13H16N4O2. The number of nitrogens with zero attached hydrogens (tertiary/aromatic N) is 2. The van der Waals surface area contributed by atoms with Crippen LogP contribution in [0.2, 0.25) is 0 Å². The third-order valence-corrected chi connectivity index (χ3v) is 3.10. The van der Waals surface area contributed by atoms with E-state index in [9.17, 15) is 9.59 Å². The van der Waals surface area contributed by atoms with Crippen LogP contribution in [0.15, 0.2) is 29.2 Å². The van der Waals surface area contributed by atoms with E-state index in [2.05, 4.69) is 15.4 Å². The summed E-state index contributed by atoms with van der Waals surface area (Å²) in [6, 6.07) is 4.31. The molecule has 1 amide bonds. The molecule has 6 heteroatoms. The second-order valence-electron chi connectivity index (χ2n) is 4.43. The summed E-state index contributed by atoms with van der Waals surface area (Å²) in [5.41, 5.74) is 1.90. The molecule has 0 aromatic carbocycles. The van der Waals surface area contributed by atoms with Crippen LogP contribution >= 0.6 is 0 Å². The highest BCUT2D eigenvalue weighted by molar-refractivity contribution is 5.92. The lowest BCUT2D eigenvalue weighted by Gasteiger charge is -2.13. The molecule has 0 saturated carbocycles. The number of amides is 1. The van der Waals surface area contributed by atoms with E-state index in [1.54, 1.807) is 23.0 Å². The van der Waals surface area contributed by atoms with Crippen molar-refractivity contribution in [2.24, 2.45) is 7.05 Å². The highest BCUT2D eigenvalue weighted by Crippen LogP contribution is 2.16. The standard InChI is InChI=1S/C13H16N4O2/c1-8(10-7-14-17(3)9(10)2)15-13(19)11-5-4-6-12(18)16-11/h4-8H,1-3H3,(H,15,19)(H,16,18). The smallest absolute Gasteiger partial charge is 0.268 e. The molecule has 2 aromatic rings. The van der Waals surface area contributed by atoms with Gasteiger partial charge in [-0.25, -0.2) is 0 Å². The third-order valence-electron chi connectivity index (χ3n) is 3.10. The average molecular weight is 260 g/mol. The van der Waals surface area contributed by atoms with Crippen LogP contribution < -0.4 is 10.9 Å². The molecule has 2 N–H and O–H groups in total. The van der Waals surface area contributed by atoms with Crippen LogP contribution in [-0.4, -0.2) is 20.7 Å². The maximum Gasteiger partial charge on any atom is 0.268 e. The molecule has 0 bridgehead atoms. The van der Waals surface area contributed by atoms with Crippen LogP contribution in [0.4, 0.5) is 0 Å². The topological polar surface area (TPSA) is 79.8 Å². The molecule has 1 unspecified atom stereocenters. The summed E-state index contributed by atoms with van der Waals surface area (Å²) in [5, 5.41) is 6.97. The van der Waals surface area contributed by atoms with E-state index in [0.29, 0.717) is 0 Å². The molecule has 1 atom stereocenters. The second kappa shape index (κ2) is 5.09. The molecule has 100 valence electrons. The normalized spacial score (nSPS) is 12.2. The Labute approximate surface area is 110 Å². The first-order chi connectivity index (χ1) is 8.99. The van der Waals surface area contributed by atoms with E-state index < -0.39 is 0 Å². The zero-order valence-electron chi connectivity index (χ0n) is 11.1. The lowest BCUT2D eigenvalue weighted by Crippen LogP contribution is -2.29. The SMILES string of the molecule is Cc1c(C(C)NC(=O)c2cccc(=O)[nH]2)cnn1C.